The molecule has 5 rings (SSSR count). The Morgan fingerprint density at radius 1 is 0.759 bits per heavy atom. The molecule has 0 aliphatic carbocycles. The molecule has 0 saturated carbocycles. The number of carbonyl (C=O) groups is 5. The van der Waals surface area contributed by atoms with Gasteiger partial charge in [0.1, 0.15) is 79.3 Å². The molecule has 1 aromatic rings. The number of nitrogens with two attached hydrogens (primary N) is 1. The number of esters is 3. The summed E-state index contributed by atoms with van der Waals surface area (Å²) >= 11 is 0. The number of carboxylic acids is 1. The van der Waals surface area contributed by atoms with E-state index in [9.17, 15) is 59.1 Å². The van der Waals surface area contributed by atoms with Crippen molar-refractivity contribution in [2.45, 2.75) is 221 Å². The van der Waals surface area contributed by atoms with E-state index in [1.165, 1.54) is 52.5 Å². The van der Waals surface area contributed by atoms with Crippen LogP contribution in [0.5, 0.6) is 0 Å². The van der Waals surface area contributed by atoms with Crippen LogP contribution in [0, 0.1) is 5.92 Å². The fraction of sp³-hybridized carbons (Fsp3) is 0.827. The first-order valence-electron chi connectivity index (χ1n) is 27.3. The van der Waals surface area contributed by atoms with Crippen LogP contribution in [0.2, 0.25) is 0 Å². The molecule has 0 radical (unpaired) electrons. The summed E-state index contributed by atoms with van der Waals surface area (Å²) in [6, 6.07) is -2.60. The summed E-state index contributed by atoms with van der Waals surface area (Å²) in [5.41, 5.74) is 3.94. The summed E-state index contributed by atoms with van der Waals surface area (Å²) in [6.07, 6.45) is -11.3. The van der Waals surface area contributed by atoms with E-state index in [0.717, 1.165) is 67.3 Å². The number of likely N-dealkylation sites (N-methyl/N-ethyl adjacent to an activating group) is 2. The molecular weight excluding hydrogens is 1050 g/mol. The Bertz CT molecular complexity index is 2240. The van der Waals surface area contributed by atoms with Crippen molar-refractivity contribution >= 4 is 29.8 Å². The number of H-pyrrole nitrogens is 1. The van der Waals surface area contributed by atoms with Crippen LogP contribution >= 0.6 is 0 Å². The molecular formula is C52H85N5O22. The Morgan fingerprint density at radius 2 is 1.37 bits per heavy atom. The average Bonchev–Trinajstić information content (AvgIpc) is 3.93. The molecule has 19 atom stereocenters. The Hall–Kier alpha value is -4.49. The van der Waals surface area contributed by atoms with Crippen molar-refractivity contribution in [1.82, 2.24) is 19.4 Å². The maximum Gasteiger partial charge on any atom is 0.330 e. The van der Waals surface area contributed by atoms with Gasteiger partial charge in [0.25, 0.3) is 5.56 Å². The molecule has 19 unspecified atom stereocenters. The van der Waals surface area contributed by atoms with Crippen LogP contribution in [-0.4, -0.2) is 227 Å². The molecule has 450 valence electrons. The smallest absolute Gasteiger partial charge is 0.330 e. The fourth-order valence-corrected chi connectivity index (χ4v) is 10.8. The van der Waals surface area contributed by atoms with Crippen molar-refractivity contribution in [1.29, 1.82) is 0 Å². The number of aromatic amines is 1. The van der Waals surface area contributed by atoms with Crippen LogP contribution in [0.15, 0.2) is 21.9 Å². The minimum atomic E-state index is -1.97. The zero-order valence-electron chi connectivity index (χ0n) is 46.5. The van der Waals surface area contributed by atoms with Gasteiger partial charge in [0, 0.05) is 66.6 Å². The number of nitrogens with one attached hydrogen (secondary N) is 1. The van der Waals surface area contributed by atoms with Gasteiger partial charge in [-0.1, -0.05) is 71.6 Å². The molecule has 79 heavy (non-hydrogen) atoms. The van der Waals surface area contributed by atoms with E-state index in [4.69, 9.17) is 53.1 Å². The third-order valence-corrected chi connectivity index (χ3v) is 15.1. The van der Waals surface area contributed by atoms with Crippen LogP contribution in [-0.2, 0) is 71.3 Å². The number of nitrogens with zero attached hydrogens (tertiary/aromatic N) is 3. The molecule has 4 fully saturated rings. The summed E-state index contributed by atoms with van der Waals surface area (Å²) < 4.78 is 58.7. The number of methoxy groups -OCH3 is 3. The zero-order valence-corrected chi connectivity index (χ0v) is 46.5. The Kier molecular flexibility index (Phi) is 25.7. The summed E-state index contributed by atoms with van der Waals surface area (Å²) in [5, 5.41) is 55.2. The van der Waals surface area contributed by atoms with E-state index in [2.05, 4.69) is 6.92 Å². The topological polar surface area (TPSA) is 366 Å². The largest absolute Gasteiger partial charge is 0.480 e. The number of aromatic nitrogens is 2. The molecule has 27 heteroatoms. The molecule has 27 nitrogen and oxygen atoms in total. The van der Waals surface area contributed by atoms with E-state index in [1.54, 1.807) is 13.8 Å². The standard InChI is InChI=1S/C52H85N5O22/c1-9-10-11-12-13-14-15-16-17-18-19-29(74-33(59)22-27(2)23-34(60)77-51-46(72-8)45(71-7)42(70-6)28(3)73-51)24-35(61)75-31-26-55(4)37(47(66)56(5)36(31)49(67)68)43(79-50-41(65)38(62)30(25-53)76-50)44-39(63)40(64)48(78-44)57-21-20-32(58)54-52(57)69/h20-21,27-31,36-46,48,50-51,62-65H,9-19,22-26,53H2,1-8H3,(H,67,68)(H,54,58,69). The van der Waals surface area contributed by atoms with E-state index in [1.807, 2.05) is 4.98 Å². The Balaban J connectivity index is 1.33. The minimum absolute atomic E-state index is 0.215. The summed E-state index contributed by atoms with van der Waals surface area (Å²) in [7, 11) is 6.87. The molecule has 0 spiro atoms. The van der Waals surface area contributed by atoms with E-state index in [0.29, 0.717) is 6.42 Å². The van der Waals surface area contributed by atoms with Crippen molar-refractivity contribution in [2.75, 3.05) is 48.5 Å². The molecule has 0 aromatic carbocycles. The van der Waals surface area contributed by atoms with Crippen molar-refractivity contribution in [3.05, 3.63) is 33.1 Å². The van der Waals surface area contributed by atoms with Crippen LogP contribution in [0.3, 0.4) is 0 Å². The van der Waals surface area contributed by atoms with Crippen molar-refractivity contribution < 1.29 is 96.9 Å². The zero-order chi connectivity index (χ0) is 58.2. The SMILES string of the molecule is CCCCCCCCCCCCC(CC(=O)OC1CN(C)C(C(OC2OC(CN)C(O)C2O)C2OC(n3ccc(=O)[nH]c3=O)C(O)C2O)C(=O)N(C)C1C(=O)O)OC(=O)CC(C)CC(=O)OC1OC(C)C(OC)C(OC)C1OC. The second-order valence-electron chi connectivity index (χ2n) is 21.1. The molecule has 4 aliphatic rings. The molecule has 0 bridgehead atoms. The summed E-state index contributed by atoms with van der Waals surface area (Å²) in [4.78, 5) is 97.5. The van der Waals surface area contributed by atoms with Crippen molar-refractivity contribution in [2.24, 2.45) is 11.7 Å². The molecule has 1 aromatic heterocycles. The number of carbonyl (C=O) groups excluding carboxylic acids is 4. The number of amides is 1. The first-order chi connectivity index (χ1) is 37.6. The number of aliphatic carboxylic acids is 1. The normalized spacial score (nSPS) is 32.5. The highest BCUT2D eigenvalue weighted by Crippen LogP contribution is 2.37. The molecule has 1 amide bonds. The van der Waals surface area contributed by atoms with Crippen LogP contribution in [0.25, 0.3) is 0 Å². The van der Waals surface area contributed by atoms with Gasteiger partial charge in [-0.2, -0.15) is 0 Å². The average molecular weight is 1130 g/mol. The number of aliphatic hydroxyl groups is 4. The maximum atomic E-state index is 14.7. The third kappa shape index (κ3) is 17.0. The summed E-state index contributed by atoms with van der Waals surface area (Å²) in [5.74, 6) is -5.57. The Labute approximate surface area is 459 Å². The monoisotopic (exact) mass is 1130 g/mol. The lowest BCUT2D eigenvalue weighted by molar-refractivity contribution is -0.297. The number of aliphatic hydroxyl groups excluding tert-OH is 4. The van der Waals surface area contributed by atoms with Crippen LogP contribution < -0.4 is 17.0 Å². The lowest BCUT2D eigenvalue weighted by atomic mass is 9.97. The van der Waals surface area contributed by atoms with Gasteiger partial charge >= 0.3 is 29.6 Å². The highest BCUT2D eigenvalue weighted by molar-refractivity contribution is 5.88. The Morgan fingerprint density at radius 3 is 1.95 bits per heavy atom. The van der Waals surface area contributed by atoms with Crippen LogP contribution in [0.1, 0.15) is 117 Å². The number of hydrogen-bond donors (Lipinski definition) is 7. The van der Waals surface area contributed by atoms with Crippen LogP contribution in [0.4, 0.5) is 0 Å². The highest BCUT2D eigenvalue weighted by Gasteiger charge is 2.57. The number of rotatable bonds is 30. The maximum absolute atomic E-state index is 14.7. The van der Waals surface area contributed by atoms with Gasteiger partial charge in [0.15, 0.2) is 18.6 Å². The first-order valence-corrected chi connectivity index (χ1v) is 27.3. The van der Waals surface area contributed by atoms with Gasteiger partial charge in [-0.05, 0) is 32.7 Å². The minimum Gasteiger partial charge on any atom is -0.480 e. The predicted molar refractivity (Wildman–Crippen MR) is 275 cm³/mol. The predicted octanol–water partition coefficient (Wildman–Crippen LogP) is -0.554. The van der Waals surface area contributed by atoms with E-state index >= 15 is 0 Å². The number of ether oxygens (including phenoxy) is 10. The van der Waals surface area contributed by atoms with Crippen molar-refractivity contribution in [3.63, 3.8) is 0 Å². The van der Waals surface area contributed by atoms with Gasteiger partial charge in [-0.25, -0.2) is 9.59 Å². The molecule has 4 saturated heterocycles. The first kappa shape index (κ1) is 65.3. The second kappa shape index (κ2) is 31.1. The van der Waals surface area contributed by atoms with Gasteiger partial charge in [-0.3, -0.25) is 38.4 Å². The van der Waals surface area contributed by atoms with Crippen molar-refractivity contribution in [3.8, 4) is 0 Å². The number of hydrogen-bond acceptors (Lipinski definition) is 23. The number of carboxylic acid groups (broad SMARTS) is 1. The van der Waals surface area contributed by atoms with Gasteiger partial charge < -0.3 is 83.5 Å². The fourth-order valence-electron chi connectivity index (χ4n) is 10.8. The second-order valence-corrected chi connectivity index (χ2v) is 21.1. The lowest BCUT2D eigenvalue weighted by Gasteiger charge is -2.43. The highest BCUT2D eigenvalue weighted by atomic mass is 16.7. The quantitative estimate of drug-likeness (QED) is 0.0289. The lowest BCUT2D eigenvalue weighted by Crippen LogP contribution is -2.59. The van der Waals surface area contributed by atoms with Gasteiger partial charge in [0.2, 0.25) is 12.2 Å². The number of unbranched alkanes of at least 4 members (excludes halogenated alkanes) is 9. The van der Waals surface area contributed by atoms with E-state index < -0.39 is 170 Å². The third-order valence-electron chi connectivity index (χ3n) is 15.1. The van der Waals surface area contributed by atoms with Gasteiger partial charge in [0.05, 0.1) is 12.5 Å². The summed E-state index contributed by atoms with van der Waals surface area (Å²) in [6.45, 7) is 4.76. The molecule has 8 N–H and O–H groups in total. The van der Waals surface area contributed by atoms with E-state index in [-0.39, 0.29) is 25.8 Å². The van der Waals surface area contributed by atoms with Gasteiger partial charge in [-0.15, -0.1) is 0 Å². The molecule has 4 aliphatic heterocycles. The molecule has 5 heterocycles.